The molecule has 23 heavy (non-hydrogen) atoms. The number of quaternary nitrogens is 1. The van der Waals surface area contributed by atoms with E-state index in [0.717, 1.165) is 17.6 Å². The van der Waals surface area contributed by atoms with Gasteiger partial charge in [-0.3, -0.25) is 4.48 Å². The van der Waals surface area contributed by atoms with Crippen molar-refractivity contribution in [1.29, 1.82) is 0 Å². The molecule has 1 rings (SSSR count). The Morgan fingerprint density at radius 3 is 1.74 bits per heavy atom. The molecule has 0 saturated carbocycles. The van der Waals surface area contributed by atoms with Gasteiger partial charge in [0.05, 0.1) is 19.4 Å². The SMILES string of the molecule is CCCCCCCCCCCCCC[N+]1(CCO)C=CN=C1.[Br-]. The number of rotatable bonds is 15. The molecule has 4 heteroatoms. The van der Waals surface area contributed by atoms with Gasteiger partial charge in [0.25, 0.3) is 0 Å². The van der Waals surface area contributed by atoms with Crippen molar-refractivity contribution in [1.82, 2.24) is 0 Å². The second-order valence-electron chi connectivity index (χ2n) is 6.73. The summed E-state index contributed by atoms with van der Waals surface area (Å²) >= 11 is 0. The Balaban J connectivity index is 0.00000484. The Morgan fingerprint density at radius 1 is 0.783 bits per heavy atom. The maximum Gasteiger partial charge on any atom is 0.194 e. The van der Waals surface area contributed by atoms with E-state index in [0.29, 0.717) is 0 Å². The van der Waals surface area contributed by atoms with Crippen LogP contribution in [0.3, 0.4) is 0 Å². The van der Waals surface area contributed by atoms with Crippen molar-refractivity contribution in [3.05, 3.63) is 12.4 Å². The van der Waals surface area contributed by atoms with Crippen LogP contribution in [0.1, 0.15) is 84.0 Å². The molecule has 0 bridgehead atoms. The number of aliphatic imine (C=N–C) groups is 1. The van der Waals surface area contributed by atoms with Gasteiger partial charge in [-0.2, -0.15) is 0 Å². The van der Waals surface area contributed by atoms with Gasteiger partial charge in [-0.05, 0) is 12.8 Å². The van der Waals surface area contributed by atoms with Crippen LogP contribution < -0.4 is 17.0 Å². The first-order chi connectivity index (χ1) is 10.8. The molecule has 1 N–H and O–H groups in total. The summed E-state index contributed by atoms with van der Waals surface area (Å²) in [5.41, 5.74) is 0. The fourth-order valence-corrected chi connectivity index (χ4v) is 3.19. The standard InChI is InChI=1S/C19H37N2O.BrH/c1-2-3-4-5-6-7-8-9-10-11-12-13-15-21(17-18-22)16-14-20-19-21;/h14,16,19,22H,2-13,15,17-18H2,1H3;1H/q+1;/p-1. The molecule has 0 aliphatic carbocycles. The normalized spacial score (nSPS) is 19.2. The van der Waals surface area contributed by atoms with Gasteiger partial charge >= 0.3 is 0 Å². The van der Waals surface area contributed by atoms with Gasteiger partial charge < -0.3 is 22.1 Å². The van der Waals surface area contributed by atoms with Crippen LogP contribution in [0.15, 0.2) is 17.4 Å². The molecule has 0 fully saturated rings. The van der Waals surface area contributed by atoms with Gasteiger partial charge in [0.1, 0.15) is 12.7 Å². The van der Waals surface area contributed by atoms with Crippen LogP contribution in [-0.2, 0) is 0 Å². The maximum absolute atomic E-state index is 9.17. The topological polar surface area (TPSA) is 32.6 Å². The van der Waals surface area contributed by atoms with Gasteiger partial charge in [-0.25, -0.2) is 4.99 Å². The molecule has 1 aliphatic heterocycles. The summed E-state index contributed by atoms with van der Waals surface area (Å²) in [4.78, 5) is 4.19. The van der Waals surface area contributed by atoms with E-state index in [1.54, 1.807) is 0 Å². The molecule has 0 aromatic heterocycles. The molecule has 0 saturated heterocycles. The number of nitrogens with zero attached hydrogens (tertiary/aromatic N) is 2. The first-order valence-electron chi connectivity index (χ1n) is 9.52. The molecule has 1 aliphatic rings. The van der Waals surface area contributed by atoms with Gasteiger partial charge in [0, 0.05) is 0 Å². The first kappa shape index (κ1) is 22.8. The van der Waals surface area contributed by atoms with Crippen molar-refractivity contribution in [3.8, 4) is 0 Å². The highest BCUT2D eigenvalue weighted by atomic mass is 79.9. The zero-order chi connectivity index (χ0) is 15.9. The van der Waals surface area contributed by atoms with E-state index < -0.39 is 0 Å². The third kappa shape index (κ3) is 11.1. The predicted octanol–water partition coefficient (Wildman–Crippen LogP) is 2.01. The molecule has 136 valence electrons. The molecule has 0 spiro atoms. The van der Waals surface area contributed by atoms with Crippen molar-refractivity contribution in [2.45, 2.75) is 84.0 Å². The first-order valence-corrected chi connectivity index (χ1v) is 9.52. The summed E-state index contributed by atoms with van der Waals surface area (Å²) in [6.07, 6.45) is 22.5. The largest absolute Gasteiger partial charge is 1.00 e. The third-order valence-corrected chi connectivity index (χ3v) is 4.69. The van der Waals surface area contributed by atoms with Crippen molar-refractivity contribution in [3.63, 3.8) is 0 Å². The lowest BCUT2D eigenvalue weighted by Gasteiger charge is -2.26. The van der Waals surface area contributed by atoms with Crippen LogP contribution in [0.25, 0.3) is 0 Å². The van der Waals surface area contributed by atoms with E-state index in [1.165, 1.54) is 77.0 Å². The van der Waals surface area contributed by atoms with Crippen LogP contribution in [0, 0.1) is 0 Å². The summed E-state index contributed by atoms with van der Waals surface area (Å²) in [7, 11) is 0. The minimum Gasteiger partial charge on any atom is -1.00 e. The average Bonchev–Trinajstić information content (AvgIpc) is 2.97. The highest BCUT2D eigenvalue weighted by Crippen LogP contribution is 2.15. The van der Waals surface area contributed by atoms with Crippen molar-refractivity contribution < 1.29 is 26.6 Å². The smallest absolute Gasteiger partial charge is 0.194 e. The minimum atomic E-state index is 0. The molecule has 0 radical (unpaired) electrons. The highest BCUT2D eigenvalue weighted by Gasteiger charge is 2.24. The number of hydrogen-bond donors (Lipinski definition) is 1. The van der Waals surface area contributed by atoms with Gasteiger partial charge in [-0.15, -0.1) is 0 Å². The Hall–Kier alpha value is -0.190. The quantitative estimate of drug-likeness (QED) is 0.337. The Kier molecular flexibility index (Phi) is 15.2. The van der Waals surface area contributed by atoms with Crippen LogP contribution >= 0.6 is 0 Å². The monoisotopic (exact) mass is 388 g/mol. The zero-order valence-corrected chi connectivity index (χ0v) is 16.6. The average molecular weight is 389 g/mol. The Bertz CT molecular complexity index is 306. The van der Waals surface area contributed by atoms with Crippen LogP contribution in [-0.4, -0.2) is 35.6 Å². The summed E-state index contributed by atoms with van der Waals surface area (Å²) in [6, 6.07) is 0. The molecule has 3 nitrogen and oxygen atoms in total. The predicted molar refractivity (Wildman–Crippen MR) is 95.8 cm³/mol. The van der Waals surface area contributed by atoms with Crippen LogP contribution in [0.4, 0.5) is 0 Å². The summed E-state index contributed by atoms with van der Waals surface area (Å²) in [5, 5.41) is 9.17. The second-order valence-corrected chi connectivity index (χ2v) is 6.73. The highest BCUT2D eigenvalue weighted by molar-refractivity contribution is 5.50. The number of aliphatic hydroxyl groups excluding tert-OH is 1. The van der Waals surface area contributed by atoms with E-state index in [4.69, 9.17) is 0 Å². The van der Waals surface area contributed by atoms with Crippen LogP contribution in [0.2, 0.25) is 0 Å². The Labute approximate surface area is 154 Å². The Morgan fingerprint density at radius 2 is 1.30 bits per heavy atom. The molecular weight excluding hydrogens is 352 g/mol. The zero-order valence-electron chi connectivity index (χ0n) is 15.1. The molecule has 1 atom stereocenters. The van der Waals surface area contributed by atoms with Crippen molar-refractivity contribution in [2.24, 2.45) is 4.99 Å². The van der Waals surface area contributed by atoms with Gasteiger partial charge in [-0.1, -0.05) is 71.1 Å². The second kappa shape index (κ2) is 15.3. The molecular formula is C19H37BrN2O. The molecule has 0 amide bonds. The molecule has 0 aromatic rings. The summed E-state index contributed by atoms with van der Waals surface area (Å²) in [5.74, 6) is 0. The molecule has 1 heterocycles. The number of aliphatic hydroxyl groups is 1. The van der Waals surface area contributed by atoms with E-state index in [1.807, 2.05) is 12.5 Å². The summed E-state index contributed by atoms with van der Waals surface area (Å²) < 4.78 is 0.744. The number of halogens is 1. The van der Waals surface area contributed by atoms with Crippen molar-refractivity contribution in [2.75, 3.05) is 19.7 Å². The number of unbranched alkanes of at least 4 members (excludes halogenated alkanes) is 11. The van der Waals surface area contributed by atoms with E-state index in [2.05, 4.69) is 18.1 Å². The third-order valence-electron chi connectivity index (χ3n) is 4.69. The fourth-order valence-electron chi connectivity index (χ4n) is 3.19. The van der Waals surface area contributed by atoms with Crippen molar-refractivity contribution >= 4 is 6.34 Å². The van der Waals surface area contributed by atoms with E-state index in [9.17, 15) is 5.11 Å². The lowest BCUT2D eigenvalue weighted by molar-refractivity contribution is -0.780. The van der Waals surface area contributed by atoms with Gasteiger partial charge in [0.2, 0.25) is 0 Å². The fraction of sp³-hybridized carbons (Fsp3) is 0.842. The molecule has 0 aromatic carbocycles. The van der Waals surface area contributed by atoms with Gasteiger partial charge in [0.15, 0.2) is 6.34 Å². The molecule has 1 unspecified atom stereocenters. The van der Waals surface area contributed by atoms with Crippen LogP contribution in [0.5, 0.6) is 0 Å². The van der Waals surface area contributed by atoms with E-state index >= 15 is 0 Å². The maximum atomic E-state index is 9.17. The van der Waals surface area contributed by atoms with E-state index in [-0.39, 0.29) is 23.6 Å². The summed E-state index contributed by atoms with van der Waals surface area (Å²) in [6.45, 7) is 4.35. The lowest BCUT2D eigenvalue weighted by atomic mass is 10.1. The lowest BCUT2D eigenvalue weighted by Crippen LogP contribution is -3.00. The minimum absolute atomic E-state index is 0. The number of hydrogen-bond acceptors (Lipinski definition) is 2.